The highest BCUT2D eigenvalue weighted by molar-refractivity contribution is 5.55. The molecule has 0 radical (unpaired) electrons. The summed E-state index contributed by atoms with van der Waals surface area (Å²) in [5.41, 5.74) is 2.68. The number of nitrogens with zero attached hydrogens (tertiary/aromatic N) is 1. The fourth-order valence-electron chi connectivity index (χ4n) is 2.44. The maximum atomic E-state index is 12.7. The van der Waals surface area contributed by atoms with Gasteiger partial charge in [0.2, 0.25) is 0 Å². The van der Waals surface area contributed by atoms with Gasteiger partial charge < -0.3 is 10.2 Å². The van der Waals surface area contributed by atoms with Gasteiger partial charge in [0.25, 0.3) is 0 Å². The number of benzene rings is 1. The summed E-state index contributed by atoms with van der Waals surface area (Å²) in [7, 11) is 0. The van der Waals surface area contributed by atoms with Crippen LogP contribution in [0, 0.1) is 6.92 Å². The molecule has 0 unspecified atom stereocenters. The average molecular weight is 300 g/mol. The zero-order valence-electron chi connectivity index (χ0n) is 12.8. The molecule has 1 aromatic rings. The number of hydrogen-bond donors (Lipinski definition) is 1. The Morgan fingerprint density at radius 1 is 1.29 bits per heavy atom. The molecule has 5 heteroatoms. The van der Waals surface area contributed by atoms with Crippen molar-refractivity contribution in [2.24, 2.45) is 0 Å². The van der Waals surface area contributed by atoms with E-state index in [2.05, 4.69) is 5.32 Å². The zero-order chi connectivity index (χ0) is 15.6. The van der Waals surface area contributed by atoms with Crippen LogP contribution in [0.25, 0.3) is 0 Å². The molecule has 118 valence electrons. The predicted molar refractivity (Wildman–Crippen MR) is 79.6 cm³/mol. The van der Waals surface area contributed by atoms with E-state index in [0.717, 1.165) is 17.7 Å². The second-order valence-electron chi connectivity index (χ2n) is 6.11. The third kappa shape index (κ3) is 4.92. The van der Waals surface area contributed by atoms with Crippen LogP contribution in [-0.4, -0.2) is 24.8 Å². The van der Waals surface area contributed by atoms with Crippen LogP contribution in [0.2, 0.25) is 0 Å². The molecule has 1 saturated carbocycles. The second kappa shape index (κ2) is 6.26. The molecule has 0 bridgehead atoms. The summed E-state index contributed by atoms with van der Waals surface area (Å²) in [5, 5.41) is 3.42. The minimum atomic E-state index is -4.19. The van der Waals surface area contributed by atoms with Crippen molar-refractivity contribution in [1.82, 2.24) is 5.32 Å². The molecule has 0 atom stereocenters. The van der Waals surface area contributed by atoms with Crippen LogP contribution in [0.1, 0.15) is 37.8 Å². The summed E-state index contributed by atoms with van der Waals surface area (Å²) < 4.78 is 38.2. The summed E-state index contributed by atoms with van der Waals surface area (Å²) >= 11 is 0. The summed E-state index contributed by atoms with van der Waals surface area (Å²) in [6.07, 6.45) is -1.74. The summed E-state index contributed by atoms with van der Waals surface area (Å²) in [4.78, 5) is 1.41. The van der Waals surface area contributed by atoms with E-state index in [0.29, 0.717) is 11.7 Å². The summed E-state index contributed by atoms with van der Waals surface area (Å²) in [5.74, 6) is 0. The van der Waals surface area contributed by atoms with E-state index in [1.54, 1.807) is 13.8 Å². The summed E-state index contributed by atoms with van der Waals surface area (Å²) in [6, 6.07) is 6.15. The van der Waals surface area contributed by atoms with E-state index in [1.165, 1.54) is 17.7 Å². The van der Waals surface area contributed by atoms with Gasteiger partial charge in [-0.05, 0) is 50.8 Å². The maximum Gasteiger partial charge on any atom is 0.405 e. The van der Waals surface area contributed by atoms with Crippen molar-refractivity contribution in [3.8, 4) is 0 Å². The SMILES string of the molecule is Cc1cc(CNC2CC2)ccc1N(CC(F)(F)F)C(C)C. The molecule has 0 spiro atoms. The molecule has 0 aliphatic heterocycles. The number of nitrogens with one attached hydrogen (secondary N) is 1. The fourth-order valence-corrected chi connectivity index (χ4v) is 2.44. The fraction of sp³-hybridized carbons (Fsp3) is 0.625. The lowest BCUT2D eigenvalue weighted by Gasteiger charge is -2.31. The number of anilines is 1. The molecular weight excluding hydrogens is 277 g/mol. The van der Waals surface area contributed by atoms with Gasteiger partial charge >= 0.3 is 6.18 Å². The molecule has 1 aromatic carbocycles. The van der Waals surface area contributed by atoms with Crippen molar-refractivity contribution in [3.63, 3.8) is 0 Å². The molecule has 0 aromatic heterocycles. The first-order valence-corrected chi connectivity index (χ1v) is 7.42. The van der Waals surface area contributed by atoms with Crippen molar-refractivity contribution in [2.75, 3.05) is 11.4 Å². The number of aryl methyl sites for hydroxylation is 1. The third-order valence-electron chi connectivity index (χ3n) is 3.72. The van der Waals surface area contributed by atoms with Gasteiger partial charge in [-0.25, -0.2) is 0 Å². The lowest BCUT2D eigenvalue weighted by Crippen LogP contribution is -2.39. The standard InChI is InChI=1S/C16H23F3N2/c1-11(2)21(10-16(17,18)19)15-7-4-13(8-12(15)3)9-20-14-5-6-14/h4,7-8,11,14,20H,5-6,9-10H2,1-3H3. The number of halogens is 3. The normalized spacial score (nSPS) is 15.6. The first-order valence-electron chi connectivity index (χ1n) is 7.42. The Bertz CT molecular complexity index is 479. The van der Waals surface area contributed by atoms with Crippen LogP contribution in [-0.2, 0) is 6.54 Å². The first-order chi connectivity index (χ1) is 9.76. The number of alkyl halides is 3. The van der Waals surface area contributed by atoms with Crippen LogP contribution in [0.3, 0.4) is 0 Å². The Labute approximate surface area is 124 Å². The van der Waals surface area contributed by atoms with Gasteiger partial charge in [0.05, 0.1) is 0 Å². The molecule has 21 heavy (non-hydrogen) atoms. The average Bonchev–Trinajstić information content (AvgIpc) is 3.17. The van der Waals surface area contributed by atoms with Crippen LogP contribution in [0.4, 0.5) is 18.9 Å². The van der Waals surface area contributed by atoms with Crippen molar-refractivity contribution >= 4 is 5.69 Å². The number of hydrogen-bond acceptors (Lipinski definition) is 2. The predicted octanol–water partition coefficient (Wildman–Crippen LogP) is 4.02. The maximum absolute atomic E-state index is 12.7. The van der Waals surface area contributed by atoms with Crippen LogP contribution in [0.5, 0.6) is 0 Å². The smallest absolute Gasteiger partial charge is 0.360 e. The van der Waals surface area contributed by atoms with E-state index >= 15 is 0 Å². The van der Waals surface area contributed by atoms with E-state index in [1.807, 2.05) is 25.1 Å². The van der Waals surface area contributed by atoms with Gasteiger partial charge in [0.1, 0.15) is 6.54 Å². The molecule has 2 rings (SSSR count). The van der Waals surface area contributed by atoms with Gasteiger partial charge in [-0.1, -0.05) is 12.1 Å². The Balaban J connectivity index is 2.12. The van der Waals surface area contributed by atoms with E-state index in [-0.39, 0.29) is 6.04 Å². The van der Waals surface area contributed by atoms with E-state index < -0.39 is 12.7 Å². The van der Waals surface area contributed by atoms with E-state index in [4.69, 9.17) is 0 Å². The second-order valence-corrected chi connectivity index (χ2v) is 6.11. The molecular formula is C16H23F3N2. The van der Waals surface area contributed by atoms with Crippen LogP contribution >= 0.6 is 0 Å². The molecule has 2 nitrogen and oxygen atoms in total. The largest absolute Gasteiger partial charge is 0.405 e. The van der Waals surface area contributed by atoms with Gasteiger partial charge in [0.15, 0.2) is 0 Å². The molecule has 1 aliphatic rings. The van der Waals surface area contributed by atoms with Gasteiger partial charge in [-0.2, -0.15) is 13.2 Å². The highest BCUT2D eigenvalue weighted by atomic mass is 19.4. The Hall–Kier alpha value is -1.23. The Morgan fingerprint density at radius 2 is 1.95 bits per heavy atom. The number of rotatable bonds is 6. The molecule has 0 amide bonds. The first kappa shape index (κ1) is 16.1. The minimum absolute atomic E-state index is 0.194. The van der Waals surface area contributed by atoms with E-state index in [9.17, 15) is 13.2 Å². The Morgan fingerprint density at radius 3 is 2.43 bits per heavy atom. The van der Waals surface area contributed by atoms with Gasteiger partial charge in [-0.15, -0.1) is 0 Å². The molecule has 0 heterocycles. The zero-order valence-corrected chi connectivity index (χ0v) is 12.8. The van der Waals surface area contributed by atoms with Crippen molar-refractivity contribution in [3.05, 3.63) is 29.3 Å². The third-order valence-corrected chi connectivity index (χ3v) is 3.72. The highest BCUT2D eigenvalue weighted by Crippen LogP contribution is 2.28. The molecule has 1 N–H and O–H groups in total. The van der Waals surface area contributed by atoms with Crippen LogP contribution in [0.15, 0.2) is 18.2 Å². The van der Waals surface area contributed by atoms with Crippen molar-refractivity contribution in [1.29, 1.82) is 0 Å². The highest BCUT2D eigenvalue weighted by Gasteiger charge is 2.32. The molecule has 1 fully saturated rings. The van der Waals surface area contributed by atoms with Gasteiger partial charge in [0, 0.05) is 24.3 Å². The quantitative estimate of drug-likeness (QED) is 0.853. The summed E-state index contributed by atoms with van der Waals surface area (Å²) in [6.45, 7) is 5.32. The molecule has 1 aliphatic carbocycles. The van der Waals surface area contributed by atoms with Crippen molar-refractivity contribution in [2.45, 2.75) is 58.4 Å². The lowest BCUT2D eigenvalue weighted by molar-refractivity contribution is -0.120. The molecule has 0 saturated heterocycles. The topological polar surface area (TPSA) is 15.3 Å². The van der Waals surface area contributed by atoms with Gasteiger partial charge in [-0.3, -0.25) is 0 Å². The lowest BCUT2D eigenvalue weighted by atomic mass is 10.1. The minimum Gasteiger partial charge on any atom is -0.360 e. The Kier molecular flexibility index (Phi) is 4.81. The monoisotopic (exact) mass is 300 g/mol. The van der Waals surface area contributed by atoms with Crippen molar-refractivity contribution < 1.29 is 13.2 Å². The van der Waals surface area contributed by atoms with Crippen LogP contribution < -0.4 is 10.2 Å².